The highest BCUT2D eigenvalue weighted by Crippen LogP contribution is 2.37. The zero-order valence-electron chi connectivity index (χ0n) is 14.2. The van der Waals surface area contributed by atoms with Crippen molar-refractivity contribution in [3.8, 4) is 22.6 Å². The second kappa shape index (κ2) is 6.01. The van der Waals surface area contributed by atoms with Crippen molar-refractivity contribution in [3.63, 3.8) is 0 Å². The fourth-order valence-electron chi connectivity index (χ4n) is 3.61. The molecule has 0 unspecified atom stereocenters. The molecule has 4 heterocycles. The molecule has 2 aliphatic rings. The Kier molecular flexibility index (Phi) is 3.51. The molecule has 0 aliphatic carbocycles. The highest BCUT2D eigenvalue weighted by molar-refractivity contribution is 5.92. The summed E-state index contributed by atoms with van der Waals surface area (Å²) in [5, 5.41) is 0.493. The highest BCUT2D eigenvalue weighted by Gasteiger charge is 2.19. The fourth-order valence-corrected chi connectivity index (χ4v) is 3.61. The van der Waals surface area contributed by atoms with Gasteiger partial charge in [0.25, 0.3) is 5.56 Å². The van der Waals surface area contributed by atoms with E-state index >= 15 is 0 Å². The standard InChI is InChI=1S/C19H18N4O3/c24-18-16-13(12-4-5-14-15(10-12)26-11-25-14)6-7-20-17(16)21-19(22-18)23-8-2-1-3-9-23/h4-7,10H,1-3,8-9,11H2,(H,20,21,22,24). The molecule has 0 saturated carbocycles. The van der Waals surface area contributed by atoms with E-state index in [0.29, 0.717) is 28.5 Å². The maximum atomic E-state index is 12.9. The third-order valence-electron chi connectivity index (χ3n) is 4.93. The van der Waals surface area contributed by atoms with Crippen LogP contribution < -0.4 is 19.9 Å². The highest BCUT2D eigenvalue weighted by atomic mass is 16.7. The number of nitrogens with zero attached hydrogens (tertiary/aromatic N) is 3. The maximum Gasteiger partial charge on any atom is 0.262 e. The molecule has 26 heavy (non-hydrogen) atoms. The molecule has 1 fully saturated rings. The zero-order chi connectivity index (χ0) is 17.5. The number of anilines is 1. The van der Waals surface area contributed by atoms with Gasteiger partial charge in [-0.15, -0.1) is 0 Å². The summed E-state index contributed by atoms with van der Waals surface area (Å²) in [5.41, 5.74) is 1.95. The Morgan fingerprint density at radius 3 is 2.77 bits per heavy atom. The minimum absolute atomic E-state index is 0.170. The van der Waals surface area contributed by atoms with E-state index in [1.165, 1.54) is 6.42 Å². The van der Waals surface area contributed by atoms with Gasteiger partial charge in [-0.25, -0.2) is 4.98 Å². The Morgan fingerprint density at radius 1 is 1.04 bits per heavy atom. The van der Waals surface area contributed by atoms with Gasteiger partial charge in [0.1, 0.15) is 0 Å². The lowest BCUT2D eigenvalue weighted by molar-refractivity contribution is 0.174. The van der Waals surface area contributed by atoms with Crippen molar-refractivity contribution in [1.82, 2.24) is 15.0 Å². The molecule has 0 radical (unpaired) electrons. The molecule has 1 saturated heterocycles. The van der Waals surface area contributed by atoms with Crippen molar-refractivity contribution in [2.24, 2.45) is 0 Å². The average molecular weight is 350 g/mol. The van der Waals surface area contributed by atoms with Crippen molar-refractivity contribution >= 4 is 17.0 Å². The Morgan fingerprint density at radius 2 is 1.88 bits per heavy atom. The van der Waals surface area contributed by atoms with Crippen LogP contribution in [0.15, 0.2) is 35.3 Å². The molecule has 3 aromatic rings. The largest absolute Gasteiger partial charge is 0.454 e. The number of ether oxygens (including phenoxy) is 2. The number of aromatic nitrogens is 3. The summed E-state index contributed by atoms with van der Waals surface area (Å²) in [4.78, 5) is 26.9. The van der Waals surface area contributed by atoms with Crippen molar-refractivity contribution in [1.29, 1.82) is 0 Å². The van der Waals surface area contributed by atoms with E-state index < -0.39 is 0 Å². The lowest BCUT2D eigenvalue weighted by Crippen LogP contribution is -2.32. The van der Waals surface area contributed by atoms with Gasteiger partial charge in [0.05, 0.1) is 5.39 Å². The summed E-state index contributed by atoms with van der Waals surface area (Å²) in [6.07, 6.45) is 5.15. The summed E-state index contributed by atoms with van der Waals surface area (Å²) < 4.78 is 10.8. The van der Waals surface area contributed by atoms with Crippen molar-refractivity contribution in [2.75, 3.05) is 24.8 Å². The first-order valence-corrected chi connectivity index (χ1v) is 8.83. The molecule has 2 aromatic heterocycles. The van der Waals surface area contributed by atoms with Gasteiger partial charge in [-0.1, -0.05) is 6.07 Å². The monoisotopic (exact) mass is 350 g/mol. The lowest BCUT2D eigenvalue weighted by atomic mass is 10.0. The van der Waals surface area contributed by atoms with E-state index in [9.17, 15) is 4.79 Å². The van der Waals surface area contributed by atoms with E-state index in [2.05, 4.69) is 19.9 Å². The predicted octanol–water partition coefficient (Wildman–Crippen LogP) is 2.70. The van der Waals surface area contributed by atoms with Crippen LogP contribution in [-0.2, 0) is 0 Å². The first-order chi connectivity index (χ1) is 12.8. The van der Waals surface area contributed by atoms with E-state index in [1.807, 2.05) is 24.3 Å². The van der Waals surface area contributed by atoms with Gasteiger partial charge in [-0.2, -0.15) is 4.98 Å². The number of nitrogens with one attached hydrogen (secondary N) is 1. The number of H-pyrrole nitrogens is 1. The summed E-state index contributed by atoms with van der Waals surface area (Å²) in [6.45, 7) is 2.05. The van der Waals surface area contributed by atoms with Crippen LogP contribution in [0.2, 0.25) is 0 Å². The Labute approximate surface area is 149 Å². The number of pyridine rings is 1. The molecule has 0 bridgehead atoms. The molecule has 0 atom stereocenters. The van der Waals surface area contributed by atoms with Crippen LogP contribution in [0.25, 0.3) is 22.2 Å². The molecule has 7 nitrogen and oxygen atoms in total. The molecule has 132 valence electrons. The number of aromatic amines is 1. The SMILES string of the molecule is O=c1[nH]c(N2CCCCC2)nc2nccc(-c3ccc4c(c3)OCO4)c12. The average Bonchev–Trinajstić information content (AvgIpc) is 3.16. The third-order valence-corrected chi connectivity index (χ3v) is 4.93. The molecule has 1 aromatic carbocycles. The van der Waals surface area contributed by atoms with Crippen LogP contribution in [0.4, 0.5) is 5.95 Å². The number of benzene rings is 1. The van der Waals surface area contributed by atoms with Gasteiger partial charge in [-0.05, 0) is 48.6 Å². The number of rotatable bonds is 2. The fraction of sp³-hybridized carbons (Fsp3) is 0.316. The van der Waals surface area contributed by atoms with E-state index in [0.717, 1.165) is 37.1 Å². The van der Waals surface area contributed by atoms with Gasteiger partial charge in [0.2, 0.25) is 12.7 Å². The molecular formula is C19H18N4O3. The first kappa shape index (κ1) is 15.2. The Hall–Kier alpha value is -3.09. The van der Waals surface area contributed by atoms with Crippen LogP contribution >= 0.6 is 0 Å². The topological polar surface area (TPSA) is 80.3 Å². The maximum absolute atomic E-state index is 12.9. The summed E-state index contributed by atoms with van der Waals surface area (Å²) in [5.74, 6) is 2.01. The van der Waals surface area contributed by atoms with Crippen molar-refractivity contribution < 1.29 is 9.47 Å². The van der Waals surface area contributed by atoms with Crippen molar-refractivity contribution in [2.45, 2.75) is 19.3 Å². The summed E-state index contributed by atoms with van der Waals surface area (Å²) in [6, 6.07) is 7.49. The smallest absolute Gasteiger partial charge is 0.262 e. The Balaban J connectivity index is 1.64. The molecule has 7 heteroatoms. The number of fused-ring (bicyclic) bond motifs is 2. The second-order valence-electron chi connectivity index (χ2n) is 6.56. The van der Waals surface area contributed by atoms with Crippen LogP contribution in [0.3, 0.4) is 0 Å². The minimum atomic E-state index is -0.170. The van der Waals surface area contributed by atoms with Crippen LogP contribution in [0, 0.1) is 0 Å². The van der Waals surface area contributed by atoms with E-state index in [4.69, 9.17) is 9.47 Å². The van der Waals surface area contributed by atoms with Crippen LogP contribution in [0.1, 0.15) is 19.3 Å². The minimum Gasteiger partial charge on any atom is -0.454 e. The van der Waals surface area contributed by atoms with Crippen molar-refractivity contribution in [3.05, 3.63) is 40.8 Å². The molecular weight excluding hydrogens is 332 g/mol. The first-order valence-electron chi connectivity index (χ1n) is 8.83. The number of piperidine rings is 1. The van der Waals surface area contributed by atoms with Crippen LogP contribution in [0.5, 0.6) is 11.5 Å². The number of hydrogen-bond donors (Lipinski definition) is 1. The Bertz CT molecular complexity index is 1040. The molecule has 1 N–H and O–H groups in total. The van der Waals surface area contributed by atoms with Gasteiger partial charge in [0, 0.05) is 19.3 Å². The number of hydrogen-bond acceptors (Lipinski definition) is 6. The molecule has 0 spiro atoms. The second-order valence-corrected chi connectivity index (χ2v) is 6.56. The van der Waals surface area contributed by atoms with E-state index in [1.54, 1.807) is 6.20 Å². The van der Waals surface area contributed by atoms with E-state index in [-0.39, 0.29) is 12.4 Å². The zero-order valence-corrected chi connectivity index (χ0v) is 14.2. The van der Waals surface area contributed by atoms with Crippen LogP contribution in [-0.4, -0.2) is 34.8 Å². The third kappa shape index (κ3) is 2.47. The van der Waals surface area contributed by atoms with Gasteiger partial charge >= 0.3 is 0 Å². The predicted molar refractivity (Wildman–Crippen MR) is 97.8 cm³/mol. The van der Waals surface area contributed by atoms with Gasteiger partial charge in [0.15, 0.2) is 17.1 Å². The van der Waals surface area contributed by atoms with Gasteiger partial charge < -0.3 is 14.4 Å². The quantitative estimate of drug-likeness (QED) is 0.765. The molecule has 0 amide bonds. The molecule has 2 aliphatic heterocycles. The van der Waals surface area contributed by atoms with Gasteiger partial charge in [-0.3, -0.25) is 9.78 Å². The summed E-state index contributed by atoms with van der Waals surface area (Å²) >= 11 is 0. The normalized spacial score (nSPS) is 16.2. The molecule has 5 rings (SSSR count). The lowest BCUT2D eigenvalue weighted by Gasteiger charge is -2.27. The summed E-state index contributed by atoms with van der Waals surface area (Å²) in [7, 11) is 0.